The second kappa shape index (κ2) is 6.91. The Morgan fingerprint density at radius 1 is 1.12 bits per heavy atom. The van der Waals surface area contributed by atoms with E-state index in [2.05, 4.69) is 5.32 Å². The third-order valence-corrected chi connectivity index (χ3v) is 4.72. The van der Waals surface area contributed by atoms with Gasteiger partial charge in [-0.05, 0) is 30.5 Å². The number of carbonyl (C=O) groups is 2. The first-order valence-electron chi connectivity index (χ1n) is 8.23. The molecule has 2 N–H and O–H groups in total. The molecule has 1 fully saturated rings. The van der Waals surface area contributed by atoms with E-state index < -0.39 is 11.5 Å². The summed E-state index contributed by atoms with van der Waals surface area (Å²) in [6.45, 7) is 0. The quantitative estimate of drug-likeness (QED) is 0.853. The minimum Gasteiger partial charge on any atom is -0.480 e. The average molecular weight is 327 g/mol. The van der Waals surface area contributed by atoms with Crippen molar-refractivity contribution in [3.8, 4) is 0 Å². The normalized spacial score (nSPS) is 17.3. The van der Waals surface area contributed by atoms with Gasteiger partial charge in [0, 0.05) is 6.42 Å². The Kier molecular flexibility index (Phi) is 4.69. The maximum atomic E-state index is 12.6. The minimum absolute atomic E-state index is 0.159. The highest BCUT2D eigenvalue weighted by Gasteiger charge is 2.42. The van der Waals surface area contributed by atoms with E-state index >= 15 is 0 Å². The van der Waals surface area contributed by atoms with Gasteiger partial charge in [-0.1, -0.05) is 43.2 Å². The fraction of sp³-hybridized carbons (Fsp3) is 0.368. The number of amides is 1. The van der Waals surface area contributed by atoms with Gasteiger partial charge in [-0.2, -0.15) is 0 Å². The second-order valence-corrected chi connectivity index (χ2v) is 6.33. The highest BCUT2D eigenvalue weighted by Crippen LogP contribution is 2.32. The van der Waals surface area contributed by atoms with Crippen molar-refractivity contribution in [2.45, 2.75) is 43.6 Å². The van der Waals surface area contributed by atoms with E-state index in [-0.39, 0.29) is 18.2 Å². The summed E-state index contributed by atoms with van der Waals surface area (Å²) in [7, 11) is 0. The van der Waals surface area contributed by atoms with Crippen LogP contribution in [-0.4, -0.2) is 22.5 Å². The largest absolute Gasteiger partial charge is 0.480 e. The number of hydrogen-bond acceptors (Lipinski definition) is 3. The predicted molar refractivity (Wildman–Crippen MR) is 88.6 cm³/mol. The van der Waals surface area contributed by atoms with Crippen molar-refractivity contribution in [2.75, 3.05) is 0 Å². The number of carbonyl (C=O) groups excluding carboxylic acids is 1. The monoisotopic (exact) mass is 327 g/mol. The molecule has 0 aliphatic heterocycles. The van der Waals surface area contributed by atoms with Gasteiger partial charge >= 0.3 is 5.97 Å². The first-order chi connectivity index (χ1) is 11.6. The van der Waals surface area contributed by atoms with Crippen molar-refractivity contribution in [1.29, 1.82) is 0 Å². The molecule has 0 radical (unpaired) electrons. The number of carboxylic acids is 1. The van der Waals surface area contributed by atoms with Crippen molar-refractivity contribution in [1.82, 2.24) is 5.32 Å². The summed E-state index contributed by atoms with van der Waals surface area (Å²) in [5, 5.41) is 12.3. The highest BCUT2D eigenvalue weighted by atomic mass is 16.4. The lowest BCUT2D eigenvalue weighted by Crippen LogP contribution is -2.52. The number of hydrogen-bond donors (Lipinski definition) is 2. The summed E-state index contributed by atoms with van der Waals surface area (Å²) in [6.07, 6.45) is 4.38. The van der Waals surface area contributed by atoms with E-state index in [4.69, 9.17) is 4.42 Å². The standard InChI is InChI=1S/C19H21NO4/c21-17(20-19(18(22)23)10-4-5-11-19)13-15(16-9-6-12-24-16)14-7-2-1-3-8-14/h1-3,6-9,12,15H,4-5,10-11,13H2,(H,20,21)(H,22,23)/t15-/m0/s1. The highest BCUT2D eigenvalue weighted by molar-refractivity contribution is 5.87. The zero-order valence-electron chi connectivity index (χ0n) is 13.4. The summed E-state index contributed by atoms with van der Waals surface area (Å²) in [5.74, 6) is -0.729. The van der Waals surface area contributed by atoms with E-state index in [0.29, 0.717) is 18.6 Å². The van der Waals surface area contributed by atoms with Gasteiger partial charge in [-0.3, -0.25) is 4.79 Å². The van der Waals surface area contributed by atoms with Crippen LogP contribution in [0, 0.1) is 0 Å². The number of aliphatic carboxylic acids is 1. The van der Waals surface area contributed by atoms with Gasteiger partial charge < -0.3 is 14.8 Å². The number of rotatable bonds is 6. The Morgan fingerprint density at radius 3 is 2.42 bits per heavy atom. The van der Waals surface area contributed by atoms with Crippen LogP contribution in [-0.2, 0) is 9.59 Å². The fourth-order valence-corrected chi connectivity index (χ4v) is 3.43. The van der Waals surface area contributed by atoms with E-state index in [1.807, 2.05) is 36.4 Å². The molecule has 1 atom stereocenters. The maximum absolute atomic E-state index is 12.6. The van der Waals surface area contributed by atoms with Crippen molar-refractivity contribution in [2.24, 2.45) is 0 Å². The van der Waals surface area contributed by atoms with Crippen LogP contribution < -0.4 is 5.32 Å². The lowest BCUT2D eigenvalue weighted by molar-refractivity contribution is -0.147. The molecule has 5 heteroatoms. The lowest BCUT2D eigenvalue weighted by Gasteiger charge is -2.26. The van der Waals surface area contributed by atoms with Gasteiger partial charge in [0.05, 0.1) is 12.2 Å². The van der Waals surface area contributed by atoms with Crippen molar-refractivity contribution < 1.29 is 19.1 Å². The number of benzene rings is 1. The molecule has 1 saturated carbocycles. The first-order valence-corrected chi connectivity index (χ1v) is 8.23. The molecule has 126 valence electrons. The molecule has 0 unspecified atom stereocenters. The van der Waals surface area contributed by atoms with E-state index in [1.165, 1.54) is 0 Å². The molecular weight excluding hydrogens is 306 g/mol. The van der Waals surface area contributed by atoms with Gasteiger partial charge in [0.15, 0.2) is 0 Å². The van der Waals surface area contributed by atoms with Gasteiger partial charge in [-0.15, -0.1) is 0 Å². The lowest BCUT2D eigenvalue weighted by atomic mass is 9.91. The third-order valence-electron chi connectivity index (χ3n) is 4.72. The first kappa shape index (κ1) is 16.3. The molecule has 5 nitrogen and oxygen atoms in total. The summed E-state index contributed by atoms with van der Waals surface area (Å²) < 4.78 is 5.50. The smallest absolute Gasteiger partial charge is 0.329 e. The van der Waals surface area contributed by atoms with Crippen LogP contribution in [0.2, 0.25) is 0 Å². The Hall–Kier alpha value is -2.56. The van der Waals surface area contributed by atoms with Gasteiger partial charge in [-0.25, -0.2) is 4.79 Å². The van der Waals surface area contributed by atoms with Gasteiger partial charge in [0.2, 0.25) is 5.91 Å². The molecule has 1 aromatic heterocycles. The number of carboxylic acid groups (broad SMARTS) is 1. The summed E-state index contributed by atoms with van der Waals surface area (Å²) in [6, 6.07) is 13.3. The average Bonchev–Trinajstić information content (AvgIpc) is 3.26. The Bertz CT molecular complexity index is 687. The topological polar surface area (TPSA) is 79.5 Å². The van der Waals surface area contributed by atoms with Crippen LogP contribution >= 0.6 is 0 Å². The molecule has 0 spiro atoms. The molecule has 2 aromatic rings. The fourth-order valence-electron chi connectivity index (χ4n) is 3.43. The van der Waals surface area contributed by atoms with Crippen LogP contribution in [0.5, 0.6) is 0 Å². The molecule has 1 aliphatic rings. The summed E-state index contributed by atoms with van der Waals surface area (Å²) in [5.41, 5.74) is -0.139. The van der Waals surface area contributed by atoms with E-state index in [1.54, 1.807) is 12.3 Å². The van der Waals surface area contributed by atoms with E-state index in [9.17, 15) is 14.7 Å². The Balaban J connectivity index is 1.78. The van der Waals surface area contributed by atoms with Crippen LogP contribution in [0.25, 0.3) is 0 Å². The molecule has 0 bridgehead atoms. The Morgan fingerprint density at radius 2 is 1.83 bits per heavy atom. The van der Waals surface area contributed by atoms with Crippen LogP contribution in [0.3, 0.4) is 0 Å². The molecule has 1 aliphatic carbocycles. The molecule has 1 aromatic carbocycles. The number of furan rings is 1. The van der Waals surface area contributed by atoms with Crippen LogP contribution in [0.4, 0.5) is 0 Å². The van der Waals surface area contributed by atoms with E-state index in [0.717, 1.165) is 18.4 Å². The second-order valence-electron chi connectivity index (χ2n) is 6.33. The maximum Gasteiger partial charge on any atom is 0.329 e. The Labute approximate surface area is 140 Å². The predicted octanol–water partition coefficient (Wildman–Crippen LogP) is 3.32. The van der Waals surface area contributed by atoms with Crippen molar-refractivity contribution in [3.05, 3.63) is 60.1 Å². The molecule has 24 heavy (non-hydrogen) atoms. The zero-order chi connectivity index (χ0) is 17.0. The summed E-state index contributed by atoms with van der Waals surface area (Å²) >= 11 is 0. The molecule has 0 saturated heterocycles. The SMILES string of the molecule is O=C(C[C@@H](c1ccccc1)c1ccco1)NC1(C(=O)O)CCCC1. The molecule has 3 rings (SSSR count). The van der Waals surface area contributed by atoms with Crippen LogP contribution in [0.15, 0.2) is 53.1 Å². The molecule has 1 amide bonds. The third kappa shape index (κ3) is 3.35. The van der Waals surface area contributed by atoms with Gasteiger partial charge in [0.25, 0.3) is 0 Å². The minimum atomic E-state index is -1.11. The van der Waals surface area contributed by atoms with Gasteiger partial charge in [0.1, 0.15) is 11.3 Å². The molecule has 1 heterocycles. The van der Waals surface area contributed by atoms with Crippen LogP contribution in [0.1, 0.15) is 49.3 Å². The van der Waals surface area contributed by atoms with Crippen molar-refractivity contribution >= 4 is 11.9 Å². The van der Waals surface area contributed by atoms with Crippen molar-refractivity contribution in [3.63, 3.8) is 0 Å². The number of nitrogens with one attached hydrogen (secondary N) is 1. The summed E-state index contributed by atoms with van der Waals surface area (Å²) in [4.78, 5) is 24.2. The zero-order valence-corrected chi connectivity index (χ0v) is 13.4. The molecular formula is C19H21NO4.